The Morgan fingerprint density at radius 2 is 1.70 bits per heavy atom. The summed E-state index contributed by atoms with van der Waals surface area (Å²) in [6.07, 6.45) is 2.60. The van der Waals surface area contributed by atoms with Crippen molar-refractivity contribution in [3.05, 3.63) is 65.1 Å². The zero-order chi connectivity index (χ0) is 21.3. The van der Waals surface area contributed by atoms with Gasteiger partial charge in [0.05, 0.1) is 18.9 Å². The first kappa shape index (κ1) is 19.4. The van der Waals surface area contributed by atoms with Crippen LogP contribution in [0.25, 0.3) is 11.0 Å². The normalized spacial score (nSPS) is 14.0. The molecule has 1 fully saturated rings. The second-order valence-corrected chi connectivity index (χ2v) is 6.92. The molecular formula is C21H20N4O5. The van der Waals surface area contributed by atoms with E-state index in [1.165, 1.54) is 30.5 Å². The molecule has 154 valence electrons. The predicted octanol–water partition coefficient (Wildman–Crippen LogP) is 0.977. The Morgan fingerprint density at radius 1 is 1.03 bits per heavy atom. The first-order valence-electron chi connectivity index (χ1n) is 9.46. The number of amides is 2. The molecule has 9 heteroatoms. The lowest BCUT2D eigenvalue weighted by Gasteiger charge is -2.34. The molecule has 1 aliphatic rings. The van der Waals surface area contributed by atoms with Gasteiger partial charge in [-0.2, -0.15) is 0 Å². The maximum atomic E-state index is 12.9. The van der Waals surface area contributed by atoms with Crippen molar-refractivity contribution in [3.63, 3.8) is 0 Å². The maximum Gasteiger partial charge on any atom is 0.295 e. The monoisotopic (exact) mass is 408 g/mol. The Hall–Kier alpha value is -3.88. The van der Waals surface area contributed by atoms with Crippen LogP contribution in [0.4, 0.5) is 0 Å². The van der Waals surface area contributed by atoms with Gasteiger partial charge in [-0.3, -0.25) is 14.4 Å². The molecule has 4 rings (SSSR count). The molecule has 30 heavy (non-hydrogen) atoms. The van der Waals surface area contributed by atoms with Crippen molar-refractivity contribution in [2.24, 2.45) is 0 Å². The van der Waals surface area contributed by atoms with Crippen LogP contribution in [0.1, 0.15) is 20.7 Å². The number of benzene rings is 1. The number of pyridine rings is 1. The average molecular weight is 408 g/mol. The molecule has 0 aliphatic carbocycles. The Kier molecular flexibility index (Phi) is 5.09. The van der Waals surface area contributed by atoms with Crippen molar-refractivity contribution >= 4 is 28.6 Å². The van der Waals surface area contributed by atoms with E-state index in [4.69, 9.17) is 4.74 Å². The predicted molar refractivity (Wildman–Crippen MR) is 107 cm³/mol. The molecule has 3 heterocycles. The van der Waals surface area contributed by atoms with E-state index in [0.717, 1.165) is 0 Å². The topological polar surface area (TPSA) is 110 Å². The van der Waals surface area contributed by atoms with Crippen molar-refractivity contribution in [3.8, 4) is 5.75 Å². The second kappa shape index (κ2) is 7.86. The fourth-order valence-corrected chi connectivity index (χ4v) is 3.61. The SMILES string of the molecule is COc1cc[n+]([O-])c2[nH]cc(C(=O)C(=O)N3CCN(C(=O)c4ccccc4)CC3)c12. The minimum Gasteiger partial charge on any atom is -0.711 e. The molecule has 2 amide bonds. The number of Topliss-reactive ketones (excluding diaryl/α,β-unsaturated/α-hetero) is 1. The van der Waals surface area contributed by atoms with E-state index in [-0.39, 0.29) is 35.6 Å². The lowest BCUT2D eigenvalue weighted by Crippen LogP contribution is -2.52. The number of piperazine rings is 1. The van der Waals surface area contributed by atoms with E-state index < -0.39 is 11.7 Å². The van der Waals surface area contributed by atoms with Gasteiger partial charge >= 0.3 is 0 Å². The van der Waals surface area contributed by atoms with E-state index in [9.17, 15) is 19.6 Å². The molecule has 0 radical (unpaired) electrons. The third kappa shape index (κ3) is 3.34. The van der Waals surface area contributed by atoms with Gasteiger partial charge in [-0.1, -0.05) is 18.2 Å². The number of ketones is 1. The van der Waals surface area contributed by atoms with Crippen LogP contribution in [-0.2, 0) is 4.79 Å². The summed E-state index contributed by atoms with van der Waals surface area (Å²) in [7, 11) is 1.43. The Labute approximate surface area is 172 Å². The molecule has 1 aliphatic heterocycles. The molecule has 0 unspecified atom stereocenters. The highest BCUT2D eigenvalue weighted by Gasteiger charge is 2.32. The summed E-state index contributed by atoms with van der Waals surface area (Å²) in [6, 6.07) is 10.4. The summed E-state index contributed by atoms with van der Waals surface area (Å²) < 4.78 is 5.82. The van der Waals surface area contributed by atoms with Crippen molar-refractivity contribution in [2.75, 3.05) is 33.3 Å². The van der Waals surface area contributed by atoms with Crippen molar-refractivity contribution in [2.45, 2.75) is 0 Å². The van der Waals surface area contributed by atoms with Crippen LogP contribution in [0.5, 0.6) is 5.75 Å². The van der Waals surface area contributed by atoms with Gasteiger partial charge < -0.3 is 19.7 Å². The summed E-state index contributed by atoms with van der Waals surface area (Å²) in [6.45, 7) is 1.18. The molecule has 1 N–H and O–H groups in total. The number of aromatic amines is 1. The van der Waals surface area contributed by atoms with Gasteiger partial charge in [0, 0.05) is 37.8 Å². The van der Waals surface area contributed by atoms with Gasteiger partial charge in [-0.05, 0) is 12.1 Å². The third-order valence-electron chi connectivity index (χ3n) is 5.22. The molecule has 0 spiro atoms. The lowest BCUT2D eigenvalue weighted by molar-refractivity contribution is -0.579. The summed E-state index contributed by atoms with van der Waals surface area (Å²) >= 11 is 0. The highest BCUT2D eigenvalue weighted by Crippen LogP contribution is 2.27. The van der Waals surface area contributed by atoms with Crippen molar-refractivity contribution in [1.82, 2.24) is 14.8 Å². The van der Waals surface area contributed by atoms with E-state index >= 15 is 0 Å². The first-order valence-corrected chi connectivity index (χ1v) is 9.46. The molecule has 0 saturated carbocycles. The molecule has 0 bridgehead atoms. The highest BCUT2D eigenvalue weighted by atomic mass is 16.5. The third-order valence-corrected chi connectivity index (χ3v) is 5.22. The minimum atomic E-state index is -0.728. The first-order chi connectivity index (χ1) is 14.5. The second-order valence-electron chi connectivity index (χ2n) is 6.92. The number of H-pyrrole nitrogens is 1. The van der Waals surface area contributed by atoms with Gasteiger partial charge in [0.1, 0.15) is 17.3 Å². The number of nitrogens with zero attached hydrogens (tertiary/aromatic N) is 3. The van der Waals surface area contributed by atoms with Gasteiger partial charge in [-0.15, -0.1) is 0 Å². The maximum absolute atomic E-state index is 12.9. The van der Waals surface area contributed by atoms with E-state index in [1.54, 1.807) is 29.2 Å². The number of carbonyl (C=O) groups excluding carboxylic acids is 3. The molecular weight excluding hydrogens is 388 g/mol. The van der Waals surface area contributed by atoms with Gasteiger partial charge in [-0.25, -0.2) is 9.71 Å². The minimum absolute atomic E-state index is 0.0832. The molecule has 0 atom stereocenters. The largest absolute Gasteiger partial charge is 0.711 e. The smallest absolute Gasteiger partial charge is 0.295 e. The summed E-state index contributed by atoms with van der Waals surface area (Å²) in [5.41, 5.74) is 0.814. The Balaban J connectivity index is 1.49. The zero-order valence-corrected chi connectivity index (χ0v) is 16.3. The molecule has 1 saturated heterocycles. The van der Waals surface area contributed by atoms with E-state index in [2.05, 4.69) is 4.98 Å². The number of methoxy groups -OCH3 is 1. The van der Waals surface area contributed by atoms with Gasteiger partial charge in [0.2, 0.25) is 0 Å². The zero-order valence-electron chi connectivity index (χ0n) is 16.3. The number of nitrogens with one attached hydrogen (secondary N) is 1. The quantitative estimate of drug-likeness (QED) is 0.300. The van der Waals surface area contributed by atoms with Crippen LogP contribution in [0.3, 0.4) is 0 Å². The molecule has 2 aromatic heterocycles. The number of ether oxygens (including phenoxy) is 1. The van der Waals surface area contributed by atoms with Crippen LogP contribution >= 0.6 is 0 Å². The molecule has 3 aromatic rings. The average Bonchev–Trinajstić information content (AvgIpc) is 3.25. The van der Waals surface area contributed by atoms with Crippen LogP contribution in [0.15, 0.2) is 48.8 Å². The summed E-state index contributed by atoms with van der Waals surface area (Å²) in [5.74, 6) is -1.18. The standard InChI is InChI=1S/C21H20N4O5/c1-30-16-7-8-25(29)19-17(16)15(13-22-19)18(26)21(28)24-11-9-23(10-12-24)20(27)14-5-3-2-4-6-14/h2-8,13,22H,9-12H2,1H3. The Bertz CT molecular complexity index is 1120. The van der Waals surface area contributed by atoms with Crippen LogP contribution < -0.4 is 9.47 Å². The lowest BCUT2D eigenvalue weighted by atomic mass is 10.1. The van der Waals surface area contributed by atoms with Crippen LogP contribution in [-0.4, -0.2) is 65.7 Å². The molecule has 9 nitrogen and oxygen atoms in total. The van der Waals surface area contributed by atoms with Crippen molar-refractivity contribution < 1.29 is 23.9 Å². The summed E-state index contributed by atoms with van der Waals surface area (Å²) in [5, 5.41) is 12.2. The number of fused-ring (bicyclic) bond motifs is 1. The van der Waals surface area contributed by atoms with Gasteiger partial charge in [0.15, 0.2) is 0 Å². The number of hydrogen-bond donors (Lipinski definition) is 1. The highest BCUT2D eigenvalue weighted by molar-refractivity contribution is 6.45. The fraction of sp³-hybridized carbons (Fsp3) is 0.238. The van der Waals surface area contributed by atoms with Crippen LogP contribution in [0, 0.1) is 5.21 Å². The number of aromatic nitrogens is 2. The van der Waals surface area contributed by atoms with Crippen LogP contribution in [0.2, 0.25) is 0 Å². The summed E-state index contributed by atoms with van der Waals surface area (Å²) in [4.78, 5) is 44.1. The number of hydrogen-bond acceptors (Lipinski definition) is 5. The Morgan fingerprint density at radius 3 is 2.37 bits per heavy atom. The number of rotatable bonds is 4. The van der Waals surface area contributed by atoms with Gasteiger partial charge in [0.25, 0.3) is 23.2 Å². The fourth-order valence-electron chi connectivity index (χ4n) is 3.61. The van der Waals surface area contributed by atoms with E-state index in [0.29, 0.717) is 29.1 Å². The van der Waals surface area contributed by atoms with E-state index in [1.807, 2.05) is 6.07 Å². The van der Waals surface area contributed by atoms with Crippen molar-refractivity contribution in [1.29, 1.82) is 0 Å². The molecule has 1 aromatic carbocycles. The number of carbonyl (C=O) groups is 3.